The van der Waals surface area contributed by atoms with Crippen molar-refractivity contribution in [2.45, 2.75) is 65.4 Å². The van der Waals surface area contributed by atoms with Crippen LogP contribution in [-0.2, 0) is 0 Å². The van der Waals surface area contributed by atoms with Gasteiger partial charge in [0.25, 0.3) is 0 Å². The lowest BCUT2D eigenvalue weighted by Crippen LogP contribution is -2.48. The first-order valence-corrected chi connectivity index (χ1v) is 8.53. The minimum Gasteiger partial charge on any atom is -0.390 e. The molecule has 7 atom stereocenters. The van der Waals surface area contributed by atoms with Crippen molar-refractivity contribution in [1.82, 2.24) is 0 Å². The van der Waals surface area contributed by atoms with Crippen LogP contribution in [0.3, 0.4) is 0 Å². The Hall–Kier alpha value is -0.0400. The Kier molecular flexibility index (Phi) is 2.39. The molecule has 0 aromatic heterocycles. The summed E-state index contributed by atoms with van der Waals surface area (Å²) >= 11 is 0. The van der Waals surface area contributed by atoms with Gasteiger partial charge in [0.2, 0.25) is 0 Å². The van der Waals surface area contributed by atoms with E-state index in [1.54, 1.807) is 6.42 Å². The Morgan fingerprint density at radius 2 is 1.42 bits per heavy atom. The molecular weight excluding hydrogens is 232 g/mol. The second kappa shape index (κ2) is 3.59. The number of rotatable bonds is 2. The quantitative estimate of drug-likeness (QED) is 0.743. The molecule has 0 aromatic rings. The highest BCUT2D eigenvalue weighted by molar-refractivity contribution is 5.13. The van der Waals surface area contributed by atoms with E-state index >= 15 is 0 Å². The minimum atomic E-state index is -0.546. The summed E-state index contributed by atoms with van der Waals surface area (Å²) in [5, 5.41) is 10.6. The molecule has 0 spiro atoms. The topological polar surface area (TPSA) is 20.2 Å². The van der Waals surface area contributed by atoms with Gasteiger partial charge < -0.3 is 5.11 Å². The molecule has 0 aromatic carbocycles. The molecule has 4 bridgehead atoms. The molecule has 19 heavy (non-hydrogen) atoms. The Morgan fingerprint density at radius 3 is 2.05 bits per heavy atom. The SMILES string of the molecule is CC(C)(O)C(C)(C)C1CC2CC1C1C3CCC(C3)C21. The first-order valence-electron chi connectivity index (χ1n) is 8.53. The number of fused-ring (bicyclic) bond motifs is 9. The molecule has 0 radical (unpaired) electrons. The van der Waals surface area contributed by atoms with Gasteiger partial charge in [0, 0.05) is 0 Å². The molecule has 0 saturated heterocycles. The third-order valence-electron chi connectivity index (χ3n) is 8.24. The summed E-state index contributed by atoms with van der Waals surface area (Å²) in [6.45, 7) is 8.69. The lowest BCUT2D eigenvalue weighted by Gasteiger charge is -2.49. The molecule has 0 aliphatic heterocycles. The van der Waals surface area contributed by atoms with Gasteiger partial charge in [-0.25, -0.2) is 0 Å². The van der Waals surface area contributed by atoms with E-state index in [1.807, 2.05) is 13.8 Å². The van der Waals surface area contributed by atoms with Crippen LogP contribution in [0.25, 0.3) is 0 Å². The third kappa shape index (κ3) is 1.46. The summed E-state index contributed by atoms with van der Waals surface area (Å²) in [6.07, 6.45) is 7.51. The Labute approximate surface area is 118 Å². The average molecular weight is 262 g/mol. The number of hydrogen-bond acceptors (Lipinski definition) is 1. The Bertz CT molecular complexity index is 391. The highest BCUT2D eigenvalue weighted by Crippen LogP contribution is 2.71. The minimum absolute atomic E-state index is 0.0687. The fourth-order valence-corrected chi connectivity index (χ4v) is 6.85. The molecule has 4 aliphatic carbocycles. The van der Waals surface area contributed by atoms with Crippen LogP contribution in [0, 0.1) is 46.8 Å². The Balaban J connectivity index is 1.63. The van der Waals surface area contributed by atoms with E-state index in [0.717, 1.165) is 41.4 Å². The number of aliphatic hydroxyl groups is 1. The molecule has 4 aliphatic rings. The largest absolute Gasteiger partial charge is 0.390 e. The van der Waals surface area contributed by atoms with E-state index in [0.29, 0.717) is 0 Å². The van der Waals surface area contributed by atoms with Crippen molar-refractivity contribution < 1.29 is 5.11 Å². The fraction of sp³-hybridized carbons (Fsp3) is 1.00. The van der Waals surface area contributed by atoms with Crippen LogP contribution in [0.1, 0.15) is 59.8 Å². The van der Waals surface area contributed by atoms with E-state index in [2.05, 4.69) is 13.8 Å². The maximum Gasteiger partial charge on any atom is 0.0645 e. The molecular formula is C18H30O. The zero-order valence-corrected chi connectivity index (χ0v) is 13.0. The molecule has 1 heteroatoms. The maximum absolute atomic E-state index is 10.6. The van der Waals surface area contributed by atoms with Crippen LogP contribution in [0.5, 0.6) is 0 Å². The van der Waals surface area contributed by atoms with Crippen molar-refractivity contribution in [1.29, 1.82) is 0 Å². The summed E-state index contributed by atoms with van der Waals surface area (Å²) < 4.78 is 0. The Morgan fingerprint density at radius 1 is 0.789 bits per heavy atom. The first-order chi connectivity index (χ1) is 8.80. The second-order valence-corrected chi connectivity index (χ2v) is 9.27. The highest BCUT2D eigenvalue weighted by Gasteiger charge is 2.65. The molecule has 4 fully saturated rings. The van der Waals surface area contributed by atoms with E-state index in [4.69, 9.17) is 0 Å². The predicted octanol–water partition coefficient (Wildman–Crippen LogP) is 4.10. The average Bonchev–Trinajstić information content (AvgIpc) is 3.05. The first kappa shape index (κ1) is 12.7. The van der Waals surface area contributed by atoms with Crippen LogP contribution in [0.4, 0.5) is 0 Å². The van der Waals surface area contributed by atoms with Crippen molar-refractivity contribution in [2.24, 2.45) is 46.8 Å². The van der Waals surface area contributed by atoms with Gasteiger partial charge >= 0.3 is 0 Å². The van der Waals surface area contributed by atoms with Crippen LogP contribution in [0.15, 0.2) is 0 Å². The van der Waals surface area contributed by atoms with Gasteiger partial charge in [-0.3, -0.25) is 0 Å². The lowest BCUT2D eigenvalue weighted by molar-refractivity contribution is -0.0963. The highest BCUT2D eigenvalue weighted by atomic mass is 16.3. The zero-order chi connectivity index (χ0) is 13.6. The van der Waals surface area contributed by atoms with Gasteiger partial charge in [0.15, 0.2) is 0 Å². The van der Waals surface area contributed by atoms with Gasteiger partial charge in [-0.2, -0.15) is 0 Å². The van der Waals surface area contributed by atoms with Gasteiger partial charge in [-0.15, -0.1) is 0 Å². The molecule has 4 saturated carbocycles. The van der Waals surface area contributed by atoms with Crippen molar-refractivity contribution >= 4 is 0 Å². The van der Waals surface area contributed by atoms with Gasteiger partial charge in [0.05, 0.1) is 5.60 Å². The molecule has 7 unspecified atom stereocenters. The molecule has 1 nitrogen and oxygen atoms in total. The molecule has 1 N–H and O–H groups in total. The summed E-state index contributed by atoms with van der Waals surface area (Å²) in [7, 11) is 0. The van der Waals surface area contributed by atoms with Crippen molar-refractivity contribution in [3.63, 3.8) is 0 Å². The smallest absolute Gasteiger partial charge is 0.0645 e. The van der Waals surface area contributed by atoms with Crippen molar-refractivity contribution in [3.8, 4) is 0 Å². The fourth-order valence-electron chi connectivity index (χ4n) is 6.85. The van der Waals surface area contributed by atoms with Gasteiger partial charge in [-0.05, 0) is 92.8 Å². The van der Waals surface area contributed by atoms with Gasteiger partial charge in [-0.1, -0.05) is 13.8 Å². The maximum atomic E-state index is 10.6. The molecule has 108 valence electrons. The van der Waals surface area contributed by atoms with Crippen LogP contribution in [-0.4, -0.2) is 10.7 Å². The third-order valence-corrected chi connectivity index (χ3v) is 8.24. The van der Waals surface area contributed by atoms with Crippen LogP contribution in [0.2, 0.25) is 0 Å². The molecule has 0 heterocycles. The van der Waals surface area contributed by atoms with Gasteiger partial charge in [0.1, 0.15) is 0 Å². The van der Waals surface area contributed by atoms with E-state index in [9.17, 15) is 5.11 Å². The molecule has 4 rings (SSSR count). The lowest BCUT2D eigenvalue weighted by atomic mass is 9.57. The summed E-state index contributed by atoms with van der Waals surface area (Å²) in [5.74, 6) is 7.00. The second-order valence-electron chi connectivity index (χ2n) is 9.27. The van der Waals surface area contributed by atoms with Crippen molar-refractivity contribution in [3.05, 3.63) is 0 Å². The summed E-state index contributed by atoms with van der Waals surface area (Å²) in [6, 6.07) is 0. The van der Waals surface area contributed by atoms with E-state index in [-0.39, 0.29) is 5.41 Å². The standard InChI is InChI=1S/C18H30O/c1-17(2,18(3,4)19)14-9-12-8-13(14)16-11-6-5-10(7-11)15(12)16/h10-16,19H,5-9H2,1-4H3. The van der Waals surface area contributed by atoms with E-state index in [1.165, 1.54) is 25.7 Å². The number of hydrogen-bond donors (Lipinski definition) is 1. The van der Waals surface area contributed by atoms with E-state index < -0.39 is 5.60 Å². The normalized spacial score (nSPS) is 51.9. The monoisotopic (exact) mass is 262 g/mol. The predicted molar refractivity (Wildman–Crippen MR) is 77.6 cm³/mol. The van der Waals surface area contributed by atoms with Crippen LogP contribution >= 0.6 is 0 Å². The summed E-state index contributed by atoms with van der Waals surface area (Å²) in [5.41, 5.74) is -0.478. The van der Waals surface area contributed by atoms with Crippen molar-refractivity contribution in [2.75, 3.05) is 0 Å². The summed E-state index contributed by atoms with van der Waals surface area (Å²) in [4.78, 5) is 0. The zero-order valence-electron chi connectivity index (χ0n) is 13.0. The van der Waals surface area contributed by atoms with Crippen LogP contribution < -0.4 is 0 Å². The molecule has 0 amide bonds.